The average molecular weight is 445 g/mol. The fraction of sp³-hybridized carbons (Fsp3) is 0.154. The number of imide groups is 1. The van der Waals surface area contributed by atoms with Gasteiger partial charge >= 0.3 is 0 Å². The molecule has 0 bridgehead atoms. The number of amides is 2. The maximum atomic E-state index is 13.8. The number of benzene rings is 3. The second kappa shape index (κ2) is 8.17. The molecule has 2 aliphatic heterocycles. The van der Waals surface area contributed by atoms with Gasteiger partial charge in [0.25, 0.3) is 11.8 Å². The Morgan fingerprint density at radius 1 is 0.906 bits per heavy atom. The predicted molar refractivity (Wildman–Crippen MR) is 126 cm³/mol. The SMILES string of the molecule is COc1cccc(N2C(=O)C(c3ccc(Cl)cc3)=C(N3CCCc4ccccc43)C2=O)c1. The molecule has 0 aromatic heterocycles. The minimum atomic E-state index is -0.358. The maximum absolute atomic E-state index is 13.8. The number of carbonyl (C=O) groups is 2. The molecule has 0 fully saturated rings. The molecule has 160 valence electrons. The molecule has 0 unspecified atom stereocenters. The van der Waals surface area contributed by atoms with Crippen LogP contribution in [0.5, 0.6) is 5.75 Å². The summed E-state index contributed by atoms with van der Waals surface area (Å²) in [6.07, 6.45) is 1.84. The van der Waals surface area contributed by atoms with Crippen molar-refractivity contribution in [1.29, 1.82) is 0 Å². The van der Waals surface area contributed by atoms with E-state index in [-0.39, 0.29) is 11.8 Å². The molecule has 0 saturated heterocycles. The van der Waals surface area contributed by atoms with Crippen LogP contribution in [0.15, 0.2) is 78.5 Å². The van der Waals surface area contributed by atoms with Gasteiger partial charge in [0.2, 0.25) is 0 Å². The molecule has 0 atom stereocenters. The van der Waals surface area contributed by atoms with Crippen LogP contribution in [0.3, 0.4) is 0 Å². The molecule has 0 saturated carbocycles. The molecule has 5 nitrogen and oxygen atoms in total. The zero-order valence-corrected chi connectivity index (χ0v) is 18.3. The second-order valence-electron chi connectivity index (χ2n) is 7.76. The molecule has 5 rings (SSSR count). The largest absolute Gasteiger partial charge is 0.497 e. The van der Waals surface area contributed by atoms with Gasteiger partial charge in [0.05, 0.1) is 18.4 Å². The summed E-state index contributed by atoms with van der Waals surface area (Å²) in [4.78, 5) is 30.8. The lowest BCUT2D eigenvalue weighted by atomic mass is 9.98. The van der Waals surface area contributed by atoms with Crippen molar-refractivity contribution >= 4 is 40.4 Å². The third kappa shape index (κ3) is 3.35. The summed E-state index contributed by atoms with van der Waals surface area (Å²) < 4.78 is 5.31. The van der Waals surface area contributed by atoms with Crippen molar-refractivity contribution in [3.63, 3.8) is 0 Å². The highest BCUT2D eigenvalue weighted by Crippen LogP contribution is 2.40. The molecule has 2 heterocycles. The van der Waals surface area contributed by atoms with Crippen LogP contribution in [0.4, 0.5) is 11.4 Å². The van der Waals surface area contributed by atoms with E-state index >= 15 is 0 Å². The van der Waals surface area contributed by atoms with Gasteiger partial charge < -0.3 is 9.64 Å². The van der Waals surface area contributed by atoms with E-state index in [4.69, 9.17) is 16.3 Å². The third-order valence-electron chi connectivity index (χ3n) is 5.88. The summed E-state index contributed by atoms with van der Waals surface area (Å²) in [7, 11) is 1.56. The van der Waals surface area contributed by atoms with Gasteiger partial charge in [-0.05, 0) is 54.3 Å². The van der Waals surface area contributed by atoms with Gasteiger partial charge in [-0.15, -0.1) is 0 Å². The average Bonchev–Trinajstić information content (AvgIpc) is 3.09. The molecule has 6 heteroatoms. The highest BCUT2D eigenvalue weighted by molar-refractivity contribution is 6.46. The molecule has 0 N–H and O–H groups in total. The molecule has 2 aliphatic rings. The van der Waals surface area contributed by atoms with E-state index < -0.39 is 0 Å². The smallest absolute Gasteiger partial charge is 0.282 e. The van der Waals surface area contributed by atoms with Crippen LogP contribution in [0.1, 0.15) is 17.5 Å². The van der Waals surface area contributed by atoms with E-state index in [0.29, 0.717) is 39.8 Å². The lowest BCUT2D eigenvalue weighted by Gasteiger charge is -2.32. The van der Waals surface area contributed by atoms with Crippen molar-refractivity contribution in [1.82, 2.24) is 0 Å². The molecular formula is C26H21ClN2O3. The Kier molecular flexibility index (Phi) is 5.19. The Hall–Kier alpha value is -3.57. The predicted octanol–water partition coefficient (Wildman–Crippen LogP) is 5.09. The van der Waals surface area contributed by atoms with E-state index in [1.165, 1.54) is 10.5 Å². The number of anilines is 2. The number of para-hydroxylation sites is 1. The fourth-order valence-electron chi connectivity index (χ4n) is 4.40. The maximum Gasteiger partial charge on any atom is 0.282 e. The number of hydrogen-bond acceptors (Lipinski definition) is 4. The summed E-state index contributed by atoms with van der Waals surface area (Å²) >= 11 is 6.09. The molecular weight excluding hydrogens is 424 g/mol. The minimum Gasteiger partial charge on any atom is -0.497 e. The number of ether oxygens (including phenoxy) is 1. The summed E-state index contributed by atoms with van der Waals surface area (Å²) in [6, 6.07) is 22.1. The normalized spacial score (nSPS) is 15.9. The van der Waals surface area contributed by atoms with Crippen molar-refractivity contribution in [3.05, 3.63) is 94.6 Å². The van der Waals surface area contributed by atoms with Crippen molar-refractivity contribution in [2.45, 2.75) is 12.8 Å². The third-order valence-corrected chi connectivity index (χ3v) is 6.14. The zero-order valence-electron chi connectivity index (χ0n) is 17.5. The Bertz CT molecular complexity index is 1250. The molecule has 3 aromatic rings. The Balaban J connectivity index is 1.69. The summed E-state index contributed by atoms with van der Waals surface area (Å²) in [5.74, 6) is -0.124. The number of rotatable bonds is 4. The lowest BCUT2D eigenvalue weighted by molar-refractivity contribution is -0.120. The van der Waals surface area contributed by atoms with Crippen LogP contribution in [0, 0.1) is 0 Å². The topological polar surface area (TPSA) is 49.9 Å². The number of halogens is 1. The van der Waals surface area contributed by atoms with Crippen LogP contribution in [-0.4, -0.2) is 25.5 Å². The molecule has 2 amide bonds. The van der Waals surface area contributed by atoms with Crippen molar-refractivity contribution in [2.75, 3.05) is 23.5 Å². The first-order chi connectivity index (χ1) is 15.6. The Morgan fingerprint density at radius 2 is 1.69 bits per heavy atom. The van der Waals surface area contributed by atoms with Gasteiger partial charge in [-0.25, -0.2) is 4.90 Å². The van der Waals surface area contributed by atoms with Gasteiger partial charge in [0.1, 0.15) is 11.4 Å². The fourth-order valence-corrected chi connectivity index (χ4v) is 4.52. The monoisotopic (exact) mass is 444 g/mol. The van der Waals surface area contributed by atoms with Crippen molar-refractivity contribution in [2.24, 2.45) is 0 Å². The molecule has 0 spiro atoms. The number of hydrogen-bond donors (Lipinski definition) is 0. The van der Waals surface area contributed by atoms with Gasteiger partial charge in [-0.2, -0.15) is 0 Å². The van der Waals surface area contributed by atoms with E-state index in [2.05, 4.69) is 6.07 Å². The summed E-state index contributed by atoms with van der Waals surface area (Å²) in [5, 5.41) is 0.570. The number of aryl methyl sites for hydroxylation is 1. The highest BCUT2D eigenvalue weighted by Gasteiger charge is 2.43. The molecule has 0 aliphatic carbocycles. The van der Waals surface area contributed by atoms with Gasteiger partial charge in [0.15, 0.2) is 0 Å². The standard InChI is InChI=1S/C26H21ClN2O3/c1-32-21-9-4-8-20(16-21)29-25(30)23(18-11-13-19(27)14-12-18)24(26(29)31)28-15-5-7-17-6-2-3-10-22(17)28/h2-4,6,8-14,16H,5,7,15H2,1H3. The van der Waals surface area contributed by atoms with Gasteiger partial charge in [-0.3, -0.25) is 9.59 Å². The van der Waals surface area contributed by atoms with Crippen LogP contribution in [0.2, 0.25) is 5.02 Å². The van der Waals surface area contributed by atoms with Crippen molar-refractivity contribution < 1.29 is 14.3 Å². The Labute approximate surface area is 191 Å². The summed E-state index contributed by atoms with van der Waals surface area (Å²) in [6.45, 7) is 0.661. The number of fused-ring (bicyclic) bond motifs is 1. The van der Waals surface area contributed by atoms with Crippen LogP contribution in [-0.2, 0) is 16.0 Å². The van der Waals surface area contributed by atoms with E-state index in [9.17, 15) is 9.59 Å². The van der Waals surface area contributed by atoms with Crippen LogP contribution >= 0.6 is 11.6 Å². The number of carbonyl (C=O) groups excluding carboxylic acids is 2. The van der Waals surface area contributed by atoms with Gasteiger partial charge in [-0.1, -0.05) is 48.0 Å². The van der Waals surface area contributed by atoms with Crippen molar-refractivity contribution in [3.8, 4) is 5.75 Å². The highest BCUT2D eigenvalue weighted by atomic mass is 35.5. The van der Waals surface area contributed by atoms with E-state index in [1.54, 1.807) is 55.6 Å². The Morgan fingerprint density at radius 3 is 2.47 bits per heavy atom. The molecule has 32 heavy (non-hydrogen) atoms. The molecule has 3 aromatic carbocycles. The second-order valence-corrected chi connectivity index (χ2v) is 8.20. The lowest BCUT2D eigenvalue weighted by Crippen LogP contribution is -2.37. The quantitative estimate of drug-likeness (QED) is 0.526. The zero-order chi connectivity index (χ0) is 22.2. The first-order valence-corrected chi connectivity index (χ1v) is 10.8. The molecule has 0 radical (unpaired) electrons. The van der Waals surface area contributed by atoms with E-state index in [1.807, 2.05) is 23.1 Å². The van der Waals surface area contributed by atoms with Crippen LogP contribution < -0.4 is 14.5 Å². The van der Waals surface area contributed by atoms with Crippen LogP contribution in [0.25, 0.3) is 5.57 Å². The van der Waals surface area contributed by atoms with E-state index in [0.717, 1.165) is 18.5 Å². The summed E-state index contributed by atoms with van der Waals surface area (Å²) in [5.41, 5.74) is 4.05. The van der Waals surface area contributed by atoms with Gasteiger partial charge in [0, 0.05) is 23.3 Å². The minimum absolute atomic E-state index is 0.343. The first-order valence-electron chi connectivity index (χ1n) is 10.5. The number of nitrogens with zero attached hydrogens (tertiary/aromatic N) is 2. The number of methoxy groups -OCH3 is 1. The first kappa shape index (κ1) is 20.3.